The van der Waals surface area contributed by atoms with E-state index in [4.69, 9.17) is 15.2 Å². The van der Waals surface area contributed by atoms with Gasteiger partial charge in [-0.25, -0.2) is 4.68 Å². The van der Waals surface area contributed by atoms with Crippen LogP contribution in [0.2, 0.25) is 0 Å². The number of Topliss-reactive ketones (excluding diaryl/α,β-unsaturated/α-hetero) is 1. The fourth-order valence-electron chi connectivity index (χ4n) is 6.11. The summed E-state index contributed by atoms with van der Waals surface area (Å²) in [6, 6.07) is 6.88. The number of nitrogens with zero attached hydrogens (tertiary/aromatic N) is 2. The Morgan fingerprint density at radius 2 is 1.80 bits per heavy atom. The fraction of sp³-hybridized carbons (Fsp3) is 0.606. The van der Waals surface area contributed by atoms with Crippen LogP contribution in [0, 0.1) is 17.3 Å². The Morgan fingerprint density at radius 3 is 2.43 bits per heavy atom. The number of alkyl halides is 3. The normalized spacial score (nSPS) is 30.9. The second kappa shape index (κ2) is 12.7. The number of nitrogen functional groups attached to an aromatic ring is 1. The summed E-state index contributed by atoms with van der Waals surface area (Å²) in [6.45, 7) is 10.9. The van der Waals surface area contributed by atoms with Gasteiger partial charge >= 0.3 is 12.1 Å². The Bertz CT molecular complexity index is 1380. The molecule has 44 heavy (non-hydrogen) atoms. The Balaban J connectivity index is 1.62. The second-order valence-electron chi connectivity index (χ2n) is 13.4. The number of carbonyl (C=O) groups excluding carboxylic acids is 2. The molecule has 0 amide bonds. The maximum Gasteiger partial charge on any atom is 0.433 e. The van der Waals surface area contributed by atoms with Crippen molar-refractivity contribution >= 4 is 23.5 Å². The van der Waals surface area contributed by atoms with Crippen molar-refractivity contribution in [2.75, 3.05) is 5.73 Å². The molecule has 6 atom stereocenters. The third kappa shape index (κ3) is 7.72. The van der Waals surface area contributed by atoms with Crippen LogP contribution in [-0.2, 0) is 25.2 Å². The molecule has 4 rings (SSSR count). The van der Waals surface area contributed by atoms with Gasteiger partial charge in [0.2, 0.25) is 0 Å². The van der Waals surface area contributed by atoms with Crippen molar-refractivity contribution in [2.45, 2.75) is 110 Å². The first-order valence-corrected chi connectivity index (χ1v) is 15.2. The van der Waals surface area contributed by atoms with Crippen LogP contribution in [0.15, 0.2) is 35.9 Å². The topological polar surface area (TPSA) is 120 Å². The maximum absolute atomic E-state index is 14.0. The first kappa shape index (κ1) is 33.7. The minimum absolute atomic E-state index is 0.0341. The summed E-state index contributed by atoms with van der Waals surface area (Å²) in [6.07, 6.45) is -2.21. The van der Waals surface area contributed by atoms with Crippen LogP contribution in [0.5, 0.6) is 0 Å². The Labute approximate surface area is 256 Å². The molecular weight excluding hydrogens is 575 g/mol. The molecule has 8 nitrogen and oxygen atoms in total. The van der Waals surface area contributed by atoms with Gasteiger partial charge in [0, 0.05) is 29.9 Å². The number of ether oxygens (including phenoxy) is 2. The zero-order chi connectivity index (χ0) is 32.6. The average Bonchev–Trinajstić information content (AvgIpc) is 3.37. The molecule has 2 aliphatic heterocycles. The smallest absolute Gasteiger partial charge is 0.433 e. The predicted molar refractivity (Wildman–Crippen MR) is 161 cm³/mol. The van der Waals surface area contributed by atoms with Gasteiger partial charge in [-0.3, -0.25) is 9.59 Å². The second-order valence-corrected chi connectivity index (χ2v) is 13.4. The average molecular weight is 620 g/mol. The number of rotatable bonds is 3. The van der Waals surface area contributed by atoms with Gasteiger partial charge in [0.05, 0.1) is 29.2 Å². The maximum atomic E-state index is 14.0. The molecule has 0 unspecified atom stereocenters. The molecule has 242 valence electrons. The number of aromatic nitrogens is 2. The molecule has 0 bridgehead atoms. The Kier molecular flexibility index (Phi) is 9.71. The minimum Gasteiger partial charge on any atom is -0.458 e. The molecule has 0 saturated carbocycles. The van der Waals surface area contributed by atoms with E-state index in [1.54, 1.807) is 27.7 Å². The number of aliphatic hydroxyl groups excluding tert-OH is 1. The van der Waals surface area contributed by atoms with Gasteiger partial charge in [-0.05, 0) is 81.0 Å². The first-order valence-electron chi connectivity index (χ1n) is 15.2. The minimum atomic E-state index is -4.66. The molecule has 1 aromatic carbocycles. The lowest BCUT2D eigenvalue weighted by molar-refractivity contribution is -0.149. The summed E-state index contributed by atoms with van der Waals surface area (Å²) in [5.74, 6) is -1.31. The zero-order valence-electron chi connectivity index (χ0n) is 26.3. The number of halogens is 3. The van der Waals surface area contributed by atoms with Gasteiger partial charge in [-0.1, -0.05) is 34.1 Å². The van der Waals surface area contributed by atoms with E-state index in [9.17, 15) is 27.9 Å². The van der Waals surface area contributed by atoms with Crippen molar-refractivity contribution in [1.82, 2.24) is 9.78 Å². The molecule has 2 aromatic rings. The number of ketones is 1. The first-order chi connectivity index (χ1) is 20.4. The van der Waals surface area contributed by atoms with Crippen LogP contribution in [0.4, 0.5) is 18.9 Å². The van der Waals surface area contributed by atoms with Crippen molar-refractivity contribution in [3.63, 3.8) is 0 Å². The Morgan fingerprint density at radius 1 is 1.14 bits per heavy atom. The molecule has 2 saturated heterocycles. The van der Waals surface area contributed by atoms with Crippen LogP contribution in [-0.4, -0.2) is 50.6 Å². The van der Waals surface area contributed by atoms with Crippen molar-refractivity contribution < 1.29 is 37.3 Å². The number of benzene rings is 1. The predicted octanol–water partition coefficient (Wildman–Crippen LogP) is 6.53. The summed E-state index contributed by atoms with van der Waals surface area (Å²) in [4.78, 5) is 26.4. The van der Waals surface area contributed by atoms with Gasteiger partial charge in [-0.2, -0.15) is 18.3 Å². The van der Waals surface area contributed by atoms with E-state index < -0.39 is 47.0 Å². The van der Waals surface area contributed by atoms with Gasteiger partial charge < -0.3 is 20.3 Å². The van der Waals surface area contributed by atoms with E-state index in [1.165, 1.54) is 30.3 Å². The largest absolute Gasteiger partial charge is 0.458 e. The number of hydrogen-bond donors (Lipinski definition) is 2. The highest BCUT2D eigenvalue weighted by Crippen LogP contribution is 2.45. The lowest BCUT2D eigenvalue weighted by atomic mass is 9.74. The van der Waals surface area contributed by atoms with Gasteiger partial charge in [-0.15, -0.1) is 0 Å². The summed E-state index contributed by atoms with van der Waals surface area (Å²) in [7, 11) is 0. The summed E-state index contributed by atoms with van der Waals surface area (Å²) >= 11 is 0. The lowest BCUT2D eigenvalue weighted by Gasteiger charge is -2.31. The Hall–Kier alpha value is -3.18. The molecule has 3 N–H and O–H groups in total. The number of aliphatic hydroxyl groups is 1. The van der Waals surface area contributed by atoms with Gasteiger partial charge in [0.15, 0.2) is 0 Å². The number of nitrogens with two attached hydrogens (primary N) is 1. The molecule has 11 heteroatoms. The summed E-state index contributed by atoms with van der Waals surface area (Å²) < 4.78 is 54.7. The molecule has 2 aliphatic rings. The van der Waals surface area contributed by atoms with Crippen molar-refractivity contribution in [3.8, 4) is 5.69 Å². The van der Waals surface area contributed by atoms with E-state index >= 15 is 0 Å². The quantitative estimate of drug-likeness (QED) is 0.228. The molecule has 2 fully saturated rings. The van der Waals surface area contributed by atoms with Crippen LogP contribution in [0.25, 0.3) is 11.8 Å². The number of cyclic esters (lactones) is 1. The van der Waals surface area contributed by atoms with Crippen molar-refractivity contribution in [2.24, 2.45) is 17.3 Å². The lowest BCUT2D eigenvalue weighted by Crippen LogP contribution is -2.39. The van der Waals surface area contributed by atoms with Crippen LogP contribution >= 0.6 is 0 Å². The van der Waals surface area contributed by atoms with Gasteiger partial charge in [0.25, 0.3) is 0 Å². The number of carbonyl (C=O) groups is 2. The van der Waals surface area contributed by atoms with E-state index in [1.807, 2.05) is 13.8 Å². The zero-order valence-corrected chi connectivity index (χ0v) is 26.3. The fourth-order valence-corrected chi connectivity index (χ4v) is 6.11. The molecule has 0 radical (unpaired) electrons. The van der Waals surface area contributed by atoms with E-state index in [2.05, 4.69) is 5.10 Å². The molecule has 0 aliphatic carbocycles. The SMILES string of the molecule is C/C(=C\c1cc(C(F)(F)F)n(-c2ccc(N)cc2)n1)[C@@H]1C[C@@H]2O[C@]2(C)CCC[C@H](C)[C@H](O)[C@@H](C)C(=O)C(C)(C)CCC(=O)O1. The number of anilines is 1. The molecular formula is C33H44F3N3O5. The van der Waals surface area contributed by atoms with E-state index in [-0.39, 0.29) is 42.0 Å². The third-order valence-electron chi connectivity index (χ3n) is 9.24. The van der Waals surface area contributed by atoms with Crippen LogP contribution in [0.1, 0.15) is 91.5 Å². The van der Waals surface area contributed by atoms with Crippen LogP contribution < -0.4 is 5.73 Å². The number of epoxide rings is 1. The third-order valence-corrected chi connectivity index (χ3v) is 9.24. The number of fused-ring (bicyclic) bond motifs is 1. The molecule has 1 aromatic heterocycles. The molecule has 0 spiro atoms. The van der Waals surface area contributed by atoms with Crippen LogP contribution in [0.3, 0.4) is 0 Å². The van der Waals surface area contributed by atoms with Crippen molar-refractivity contribution in [1.29, 1.82) is 0 Å². The standard InChI is InChI=1S/C33H44F3N3O5/c1-19-8-7-14-32(6)27(44-32)18-25(43-28(40)13-15-31(4,5)30(42)21(3)29(19)41)20(2)16-23-17-26(33(34,35)36)39(38-23)24-11-9-22(37)10-12-24/h9-12,16-17,19,21,25,27,29,41H,7-8,13-15,18,37H2,1-6H3/b20-16+/t19-,21+,25-,27-,29-,32+/m0/s1. The highest BCUT2D eigenvalue weighted by molar-refractivity contribution is 5.87. The number of hydrogen-bond acceptors (Lipinski definition) is 7. The summed E-state index contributed by atoms with van der Waals surface area (Å²) in [5, 5.41) is 15.1. The highest BCUT2D eigenvalue weighted by atomic mass is 19.4. The summed E-state index contributed by atoms with van der Waals surface area (Å²) in [5.41, 5.74) is 4.65. The van der Waals surface area contributed by atoms with E-state index in [0.717, 1.165) is 23.6 Å². The molecule has 3 heterocycles. The van der Waals surface area contributed by atoms with Gasteiger partial charge in [0.1, 0.15) is 17.6 Å². The van der Waals surface area contributed by atoms with E-state index in [0.29, 0.717) is 24.1 Å². The highest BCUT2D eigenvalue weighted by Gasteiger charge is 2.52. The van der Waals surface area contributed by atoms with Crippen molar-refractivity contribution in [3.05, 3.63) is 47.3 Å². The number of esters is 1. The monoisotopic (exact) mass is 619 g/mol.